The molecule has 1 aromatic carbocycles. The van der Waals surface area contributed by atoms with E-state index in [1.54, 1.807) is 13.8 Å². The third-order valence-corrected chi connectivity index (χ3v) is 13.8. The van der Waals surface area contributed by atoms with Crippen molar-refractivity contribution in [2.24, 2.45) is 11.8 Å². The number of carbonyl (C=O) groups is 5. The summed E-state index contributed by atoms with van der Waals surface area (Å²) in [4.78, 5) is 75.2. The fraction of sp³-hybridized carbons (Fsp3) is 0.593. The molecule has 0 spiro atoms. The molecule has 0 saturated carbocycles. The van der Waals surface area contributed by atoms with Gasteiger partial charge in [0.25, 0.3) is 5.69 Å². The molecule has 2 aliphatic heterocycles. The van der Waals surface area contributed by atoms with Crippen LogP contribution in [0.4, 0.5) is 5.69 Å². The quantitative estimate of drug-likeness (QED) is 0.110. The average molecular weight is 608 g/mol. The molecular formula is C27H37N3O9SSi. The van der Waals surface area contributed by atoms with Crippen molar-refractivity contribution in [1.29, 1.82) is 0 Å². The van der Waals surface area contributed by atoms with E-state index in [9.17, 15) is 34.1 Å². The number of nitro benzene ring substituents is 1. The Labute approximate surface area is 244 Å². The first-order valence-electron chi connectivity index (χ1n) is 13.4. The number of hydrogen-bond donors (Lipinski definition) is 1. The van der Waals surface area contributed by atoms with Crippen LogP contribution in [0, 0.1) is 22.0 Å². The Morgan fingerprint density at radius 3 is 2.29 bits per heavy atom. The van der Waals surface area contributed by atoms with Gasteiger partial charge in [0.05, 0.1) is 23.0 Å². The van der Waals surface area contributed by atoms with Gasteiger partial charge in [0.2, 0.25) is 11.8 Å². The lowest BCUT2D eigenvalue weighted by atomic mass is 9.76. The van der Waals surface area contributed by atoms with Crippen LogP contribution in [0.1, 0.15) is 46.6 Å². The Balaban J connectivity index is 1.78. The summed E-state index contributed by atoms with van der Waals surface area (Å²) < 4.78 is 11.6. The highest BCUT2D eigenvalue weighted by molar-refractivity contribution is 8.14. The van der Waals surface area contributed by atoms with Gasteiger partial charge >= 0.3 is 11.9 Å². The number of nitro groups is 1. The highest BCUT2D eigenvalue weighted by atomic mass is 32.2. The molecule has 2 heterocycles. The molecule has 1 N–H and O–H groups in total. The van der Waals surface area contributed by atoms with Crippen LogP contribution in [0.5, 0.6) is 0 Å². The van der Waals surface area contributed by atoms with Gasteiger partial charge in [-0.1, -0.05) is 39.5 Å². The molecule has 0 aromatic heterocycles. The number of β-lactam (4-membered cyclic amide) rings is 1. The molecule has 2 saturated heterocycles. The Morgan fingerprint density at radius 1 is 1.17 bits per heavy atom. The number of imide groups is 1. The summed E-state index contributed by atoms with van der Waals surface area (Å²) in [5.74, 6) is -4.92. The zero-order valence-corrected chi connectivity index (χ0v) is 26.1. The van der Waals surface area contributed by atoms with Crippen LogP contribution in [-0.2, 0) is 39.7 Å². The van der Waals surface area contributed by atoms with Gasteiger partial charge in [0.1, 0.15) is 6.61 Å². The van der Waals surface area contributed by atoms with E-state index >= 15 is 0 Å². The van der Waals surface area contributed by atoms with Crippen LogP contribution in [-0.4, -0.2) is 70.9 Å². The first kappa shape index (κ1) is 32.4. The van der Waals surface area contributed by atoms with Crippen LogP contribution in [0.3, 0.4) is 0 Å². The van der Waals surface area contributed by atoms with Crippen molar-refractivity contribution in [3.63, 3.8) is 0 Å². The van der Waals surface area contributed by atoms with E-state index in [-0.39, 0.29) is 40.0 Å². The van der Waals surface area contributed by atoms with E-state index in [0.717, 1.165) is 16.7 Å². The first-order chi connectivity index (χ1) is 18.9. The van der Waals surface area contributed by atoms with Crippen molar-refractivity contribution >= 4 is 54.6 Å². The third-order valence-electron chi connectivity index (χ3n) is 8.00. The molecule has 0 radical (unpaired) electrons. The maximum Gasteiger partial charge on any atom is 0.397 e. The number of thioether (sulfide) groups is 1. The Hall–Kier alpha value is -3.10. The topological polar surface area (TPSA) is 162 Å². The van der Waals surface area contributed by atoms with Crippen LogP contribution in [0.15, 0.2) is 24.3 Å². The summed E-state index contributed by atoms with van der Waals surface area (Å²) in [6.45, 7) is 13.6. The number of amides is 3. The molecule has 3 amide bonds. The smallest absolute Gasteiger partial charge is 0.397 e. The number of rotatable bonds is 9. The average Bonchev–Trinajstić information content (AvgIpc) is 3.28. The minimum absolute atomic E-state index is 0.139. The van der Waals surface area contributed by atoms with E-state index in [0.29, 0.717) is 12.1 Å². The molecule has 0 aliphatic carbocycles. The lowest BCUT2D eigenvalue weighted by Gasteiger charge is -2.51. The van der Waals surface area contributed by atoms with Crippen molar-refractivity contribution in [2.45, 2.75) is 83.2 Å². The van der Waals surface area contributed by atoms with Crippen LogP contribution < -0.4 is 5.32 Å². The van der Waals surface area contributed by atoms with E-state index < -0.39 is 55.0 Å². The van der Waals surface area contributed by atoms with Gasteiger partial charge in [-0.2, -0.15) is 0 Å². The number of non-ortho nitro benzene ring substituents is 1. The SMILES string of the molecule is C[C@@H](O[Si](C)(C)C(C)(C)C)[C@H]1C(=O)N(C(=O)C(=O)OCc2ccc([N+](=O)[O-])cc2)[C@@H]1[C@@H](C)C(=O)S[C@H]1CNC(=O)C1. The normalized spacial score (nSPS) is 22.4. The predicted octanol–water partition coefficient (Wildman–Crippen LogP) is 3.19. The minimum Gasteiger partial charge on any atom is -0.454 e. The van der Waals surface area contributed by atoms with Gasteiger partial charge in [0.15, 0.2) is 13.4 Å². The second-order valence-corrected chi connectivity index (χ2v) is 18.0. The number of benzene rings is 1. The summed E-state index contributed by atoms with van der Waals surface area (Å²) in [7, 11) is -2.33. The molecule has 5 atom stereocenters. The second-order valence-electron chi connectivity index (χ2n) is 12.0. The maximum atomic E-state index is 13.4. The monoisotopic (exact) mass is 607 g/mol. The van der Waals surface area contributed by atoms with Crippen molar-refractivity contribution in [3.8, 4) is 0 Å². The largest absolute Gasteiger partial charge is 0.454 e. The second kappa shape index (κ2) is 12.4. The van der Waals surface area contributed by atoms with Crippen LogP contribution >= 0.6 is 11.8 Å². The molecule has 2 aliphatic rings. The van der Waals surface area contributed by atoms with Crippen molar-refractivity contribution in [3.05, 3.63) is 39.9 Å². The minimum atomic E-state index is -2.33. The maximum absolute atomic E-state index is 13.4. The summed E-state index contributed by atoms with van der Waals surface area (Å²) >= 11 is 0.994. The standard InChI is InChI=1S/C27H37N3O9SSi/c1-15(26(35)40-19-12-20(31)28-13-19)22-21(16(2)39-41(6,7)27(3,4)5)23(32)29(22)24(33)25(34)38-14-17-8-10-18(11-9-17)30(36)37/h8-11,15-16,19,21-22H,12-14H2,1-7H3,(H,28,31)/t15-,16-,19-,21-,22-/m1/s1. The molecular weight excluding hydrogens is 570 g/mol. The van der Waals surface area contributed by atoms with Gasteiger partial charge in [0, 0.05) is 36.3 Å². The molecule has 2 fully saturated rings. The van der Waals surface area contributed by atoms with Gasteiger partial charge in [-0.25, -0.2) is 4.79 Å². The number of likely N-dealkylation sites (tertiary alicyclic amines) is 1. The summed E-state index contributed by atoms with van der Waals surface area (Å²) in [6, 6.07) is 4.33. The zero-order valence-electron chi connectivity index (χ0n) is 24.3. The molecule has 12 nitrogen and oxygen atoms in total. The highest BCUT2D eigenvalue weighted by Crippen LogP contribution is 2.43. The van der Waals surface area contributed by atoms with E-state index in [2.05, 4.69) is 26.1 Å². The molecule has 1 aromatic rings. The summed E-state index contributed by atoms with van der Waals surface area (Å²) in [5.41, 5.74) is 0.275. The van der Waals surface area contributed by atoms with Crippen LogP contribution in [0.2, 0.25) is 18.1 Å². The van der Waals surface area contributed by atoms with E-state index in [4.69, 9.17) is 9.16 Å². The number of esters is 1. The summed E-state index contributed by atoms with van der Waals surface area (Å²) in [5, 5.41) is 12.8. The van der Waals surface area contributed by atoms with Gasteiger partial charge < -0.3 is 14.5 Å². The summed E-state index contributed by atoms with van der Waals surface area (Å²) in [6.07, 6.45) is -0.429. The molecule has 224 valence electrons. The molecule has 0 unspecified atom stereocenters. The van der Waals surface area contributed by atoms with Gasteiger partial charge in [-0.05, 0) is 42.8 Å². The Kier molecular flexibility index (Phi) is 9.81. The lowest BCUT2D eigenvalue weighted by molar-refractivity contribution is -0.384. The van der Waals surface area contributed by atoms with Gasteiger partial charge in [-0.3, -0.25) is 34.2 Å². The number of hydrogen-bond acceptors (Lipinski definition) is 10. The fourth-order valence-electron chi connectivity index (χ4n) is 4.59. The number of ether oxygens (including phenoxy) is 1. The highest BCUT2D eigenvalue weighted by Gasteiger charge is 2.59. The Bertz CT molecular complexity index is 1230. The number of nitrogens with zero attached hydrogens (tertiary/aromatic N) is 2. The predicted molar refractivity (Wildman–Crippen MR) is 153 cm³/mol. The van der Waals surface area contributed by atoms with Crippen LogP contribution in [0.25, 0.3) is 0 Å². The van der Waals surface area contributed by atoms with Gasteiger partial charge in [-0.15, -0.1) is 0 Å². The van der Waals surface area contributed by atoms with Crippen molar-refractivity contribution in [2.75, 3.05) is 6.54 Å². The van der Waals surface area contributed by atoms with Crippen molar-refractivity contribution < 1.29 is 38.1 Å². The van der Waals surface area contributed by atoms with Crippen molar-refractivity contribution in [1.82, 2.24) is 10.2 Å². The fourth-order valence-corrected chi connectivity index (χ4v) is 7.11. The van der Waals surface area contributed by atoms with E-state index in [1.807, 2.05) is 13.1 Å². The number of carbonyl (C=O) groups excluding carboxylic acids is 5. The molecule has 41 heavy (non-hydrogen) atoms. The molecule has 0 bridgehead atoms. The molecule has 3 rings (SSSR count). The number of nitrogens with one attached hydrogen (secondary N) is 1. The molecule has 14 heteroatoms. The first-order valence-corrected chi connectivity index (χ1v) is 17.2. The third kappa shape index (κ3) is 7.22. The Morgan fingerprint density at radius 2 is 1.78 bits per heavy atom. The zero-order chi connectivity index (χ0) is 30.9. The lowest BCUT2D eigenvalue weighted by Crippen LogP contribution is -2.71. The van der Waals surface area contributed by atoms with E-state index in [1.165, 1.54) is 24.3 Å².